The van der Waals surface area contributed by atoms with E-state index < -0.39 is 15.7 Å². The number of hydrogen-bond donors (Lipinski definition) is 1. The van der Waals surface area contributed by atoms with Crippen LogP contribution in [0, 0.1) is 5.82 Å². The first-order valence-corrected chi connectivity index (χ1v) is 8.47. The highest BCUT2D eigenvalue weighted by atomic mass is 32.2. The molecule has 1 heterocycles. The number of hydrogen-bond acceptors (Lipinski definition) is 4. The van der Waals surface area contributed by atoms with Gasteiger partial charge in [-0.2, -0.15) is 0 Å². The summed E-state index contributed by atoms with van der Waals surface area (Å²) in [5.74, 6) is 0.0596. The maximum Gasteiger partial charge on any atom is 0.178 e. The predicted octanol–water partition coefficient (Wildman–Crippen LogP) is 3.23. The largest absolute Gasteiger partial charge is 0.468 e. The quantitative estimate of drug-likeness (QED) is 0.921. The van der Waals surface area contributed by atoms with Crippen molar-refractivity contribution < 1.29 is 17.2 Å². The second kappa shape index (κ2) is 5.99. The van der Waals surface area contributed by atoms with Crippen molar-refractivity contribution in [1.29, 1.82) is 0 Å². The van der Waals surface area contributed by atoms with Gasteiger partial charge >= 0.3 is 0 Å². The second-order valence-electron chi connectivity index (χ2n) is 5.09. The summed E-state index contributed by atoms with van der Waals surface area (Å²) in [7, 11) is -3.54. The lowest BCUT2D eigenvalue weighted by molar-refractivity contribution is 0.402. The fourth-order valence-electron chi connectivity index (χ4n) is 2.18. The Hall–Kier alpha value is -1.66. The average Bonchev–Trinajstić information content (AvgIpc) is 2.90. The lowest BCUT2D eigenvalue weighted by Gasteiger charge is -2.19. The Kier molecular flexibility index (Phi) is 4.49. The van der Waals surface area contributed by atoms with Crippen molar-refractivity contribution >= 4 is 9.84 Å². The molecule has 0 aliphatic heterocycles. The summed E-state index contributed by atoms with van der Waals surface area (Å²) in [6.45, 7) is 3.82. The van der Waals surface area contributed by atoms with Gasteiger partial charge in [0, 0.05) is 12.3 Å². The van der Waals surface area contributed by atoms with Gasteiger partial charge in [0.2, 0.25) is 0 Å². The maximum atomic E-state index is 13.9. The van der Waals surface area contributed by atoms with Crippen molar-refractivity contribution in [2.24, 2.45) is 0 Å². The Bertz CT molecular complexity index is 711. The molecule has 6 heteroatoms. The van der Waals surface area contributed by atoms with Crippen LogP contribution in [0.15, 0.2) is 45.9 Å². The van der Waals surface area contributed by atoms with Crippen LogP contribution in [0.25, 0.3) is 0 Å². The first-order chi connectivity index (χ1) is 9.79. The van der Waals surface area contributed by atoms with Gasteiger partial charge in [-0.05, 0) is 43.7 Å². The van der Waals surface area contributed by atoms with Crippen LogP contribution in [0.3, 0.4) is 0 Å². The lowest BCUT2D eigenvalue weighted by atomic mass is 10.1. The van der Waals surface area contributed by atoms with Crippen molar-refractivity contribution in [2.75, 3.05) is 6.26 Å². The summed E-state index contributed by atoms with van der Waals surface area (Å²) >= 11 is 0. The number of furan rings is 1. The van der Waals surface area contributed by atoms with Crippen LogP contribution >= 0.6 is 0 Å². The number of benzene rings is 1. The molecule has 2 aromatic rings. The minimum atomic E-state index is -3.54. The van der Waals surface area contributed by atoms with Crippen molar-refractivity contribution in [3.05, 3.63) is 53.7 Å². The number of halogens is 1. The predicted molar refractivity (Wildman–Crippen MR) is 78.2 cm³/mol. The SMILES string of the molecule is C[C@H](N[C@H](C)c1ccc(S(C)(=O)=O)c(F)c1)c1ccco1. The smallest absolute Gasteiger partial charge is 0.178 e. The van der Waals surface area contributed by atoms with Gasteiger partial charge < -0.3 is 9.73 Å². The van der Waals surface area contributed by atoms with Crippen LogP contribution in [0.2, 0.25) is 0 Å². The summed E-state index contributed by atoms with van der Waals surface area (Å²) in [5, 5.41) is 3.27. The van der Waals surface area contributed by atoms with Gasteiger partial charge in [0.05, 0.1) is 12.3 Å². The van der Waals surface area contributed by atoms with E-state index in [2.05, 4.69) is 5.32 Å². The van der Waals surface area contributed by atoms with E-state index >= 15 is 0 Å². The van der Waals surface area contributed by atoms with Gasteiger partial charge in [-0.25, -0.2) is 12.8 Å². The van der Waals surface area contributed by atoms with E-state index in [0.717, 1.165) is 12.0 Å². The zero-order valence-corrected chi connectivity index (χ0v) is 12.9. The molecule has 1 N–H and O–H groups in total. The molecule has 1 aromatic carbocycles. The fraction of sp³-hybridized carbons (Fsp3) is 0.333. The maximum absolute atomic E-state index is 13.9. The van der Waals surface area contributed by atoms with Crippen LogP contribution in [0.5, 0.6) is 0 Å². The first-order valence-electron chi connectivity index (χ1n) is 6.58. The first kappa shape index (κ1) is 15.7. The molecule has 0 aliphatic carbocycles. The molecule has 21 heavy (non-hydrogen) atoms. The highest BCUT2D eigenvalue weighted by molar-refractivity contribution is 7.90. The molecule has 2 rings (SSSR count). The third-order valence-electron chi connectivity index (χ3n) is 3.33. The van der Waals surface area contributed by atoms with Crippen molar-refractivity contribution in [1.82, 2.24) is 5.32 Å². The normalized spacial score (nSPS) is 14.9. The van der Waals surface area contributed by atoms with Crippen LogP contribution in [-0.2, 0) is 9.84 Å². The molecule has 0 saturated heterocycles. The molecule has 0 unspecified atom stereocenters. The molecule has 4 nitrogen and oxygen atoms in total. The van der Waals surface area contributed by atoms with Gasteiger partial charge in [-0.1, -0.05) is 6.07 Å². The van der Waals surface area contributed by atoms with Crippen molar-refractivity contribution in [3.8, 4) is 0 Å². The molecule has 0 aliphatic rings. The van der Waals surface area contributed by atoms with E-state index in [1.807, 2.05) is 19.9 Å². The molecule has 0 amide bonds. The van der Waals surface area contributed by atoms with Gasteiger partial charge in [-0.3, -0.25) is 0 Å². The van der Waals surface area contributed by atoms with E-state index in [9.17, 15) is 12.8 Å². The van der Waals surface area contributed by atoms with Crippen molar-refractivity contribution in [2.45, 2.75) is 30.8 Å². The lowest BCUT2D eigenvalue weighted by Crippen LogP contribution is -2.22. The molecule has 2 atom stereocenters. The van der Waals surface area contributed by atoms with Crippen molar-refractivity contribution in [3.63, 3.8) is 0 Å². The Morgan fingerprint density at radius 3 is 2.43 bits per heavy atom. The summed E-state index contributed by atoms with van der Waals surface area (Å²) in [6.07, 6.45) is 2.59. The minimum absolute atomic E-state index is 0.0346. The van der Waals surface area contributed by atoms with Crippen LogP contribution in [0.4, 0.5) is 4.39 Å². The number of sulfone groups is 1. The summed E-state index contributed by atoms with van der Waals surface area (Å²) in [6, 6.07) is 7.65. The highest BCUT2D eigenvalue weighted by Gasteiger charge is 2.17. The molecule has 0 fully saturated rings. The molecule has 0 bridgehead atoms. The van der Waals surface area contributed by atoms with E-state index in [4.69, 9.17) is 4.42 Å². The molecule has 0 saturated carbocycles. The van der Waals surface area contributed by atoms with E-state index in [1.165, 1.54) is 12.1 Å². The average molecular weight is 311 g/mol. The molecular formula is C15H18FNO3S. The number of nitrogens with one attached hydrogen (secondary N) is 1. The van der Waals surface area contributed by atoms with Crippen LogP contribution in [-0.4, -0.2) is 14.7 Å². The Morgan fingerprint density at radius 1 is 1.19 bits per heavy atom. The third kappa shape index (κ3) is 3.71. The topological polar surface area (TPSA) is 59.3 Å². The van der Waals surface area contributed by atoms with E-state index in [-0.39, 0.29) is 17.0 Å². The fourth-order valence-corrected chi connectivity index (χ4v) is 2.91. The zero-order chi connectivity index (χ0) is 15.6. The summed E-state index contributed by atoms with van der Waals surface area (Å²) < 4.78 is 42.0. The Morgan fingerprint density at radius 2 is 1.90 bits per heavy atom. The molecule has 1 aromatic heterocycles. The monoisotopic (exact) mass is 311 g/mol. The van der Waals surface area contributed by atoms with Crippen LogP contribution < -0.4 is 5.32 Å². The molecule has 0 spiro atoms. The van der Waals surface area contributed by atoms with Gasteiger partial charge in [0.25, 0.3) is 0 Å². The Balaban J connectivity index is 2.17. The minimum Gasteiger partial charge on any atom is -0.468 e. The third-order valence-corrected chi connectivity index (χ3v) is 4.46. The molecular weight excluding hydrogens is 293 g/mol. The Labute approximate surface area is 123 Å². The standard InChI is InChI=1S/C15H18FNO3S/c1-10(17-11(2)14-5-4-8-20-14)12-6-7-15(13(16)9-12)21(3,18)19/h4-11,17H,1-3H3/t10-,11+/m1/s1. The van der Waals surface area contributed by atoms with Crippen LogP contribution in [0.1, 0.15) is 37.3 Å². The summed E-state index contributed by atoms with van der Waals surface area (Å²) in [4.78, 5) is -0.280. The van der Waals surface area contributed by atoms with E-state index in [0.29, 0.717) is 5.56 Å². The molecule has 0 radical (unpaired) electrons. The van der Waals surface area contributed by atoms with Gasteiger partial charge in [0.1, 0.15) is 16.5 Å². The summed E-state index contributed by atoms with van der Waals surface area (Å²) in [5.41, 5.74) is 0.679. The highest BCUT2D eigenvalue weighted by Crippen LogP contribution is 2.23. The second-order valence-corrected chi connectivity index (χ2v) is 7.07. The molecule has 114 valence electrons. The van der Waals surface area contributed by atoms with Gasteiger partial charge in [-0.15, -0.1) is 0 Å². The van der Waals surface area contributed by atoms with Gasteiger partial charge in [0.15, 0.2) is 9.84 Å². The number of rotatable bonds is 5. The zero-order valence-electron chi connectivity index (χ0n) is 12.1. The van der Waals surface area contributed by atoms with E-state index in [1.54, 1.807) is 18.4 Å².